The van der Waals surface area contributed by atoms with E-state index < -0.39 is 4.92 Å². The number of hydrogen-bond donors (Lipinski definition) is 2. The molecular formula is C11H11N3O3. The van der Waals surface area contributed by atoms with Crippen LogP contribution in [0.25, 0.3) is 10.8 Å². The Bertz CT molecular complexity index is 557. The molecule has 0 saturated carbocycles. The smallest absolute Gasteiger partial charge is 0.277 e. The summed E-state index contributed by atoms with van der Waals surface area (Å²) in [5, 5.41) is 23.8. The topological polar surface area (TPSA) is 88.3 Å². The molecule has 0 radical (unpaired) electrons. The van der Waals surface area contributed by atoms with Crippen molar-refractivity contribution >= 4 is 22.1 Å². The Labute approximate surface area is 97.1 Å². The first-order valence-electron chi connectivity index (χ1n) is 5.10. The lowest BCUT2D eigenvalue weighted by atomic mass is 10.1. The standard InChI is InChI=1S/C11H11N3O3/c15-6-5-13-10-1-2-11(14(16)17)8-3-4-12-7-9(8)10/h1-4,7,13,15H,5-6H2. The predicted octanol–water partition coefficient (Wildman–Crippen LogP) is 1.55. The summed E-state index contributed by atoms with van der Waals surface area (Å²) in [5.41, 5.74) is 0.782. The summed E-state index contributed by atoms with van der Waals surface area (Å²) in [6, 6.07) is 4.68. The number of nitro benzene ring substituents is 1. The minimum Gasteiger partial charge on any atom is -0.395 e. The Kier molecular flexibility index (Phi) is 3.15. The molecule has 0 aliphatic rings. The average Bonchev–Trinajstić information content (AvgIpc) is 2.35. The number of aliphatic hydroxyl groups is 1. The molecule has 88 valence electrons. The highest BCUT2D eigenvalue weighted by Gasteiger charge is 2.13. The maximum Gasteiger partial charge on any atom is 0.277 e. The van der Waals surface area contributed by atoms with E-state index in [0.29, 0.717) is 17.3 Å². The zero-order valence-corrected chi connectivity index (χ0v) is 8.96. The number of rotatable bonds is 4. The molecule has 0 saturated heterocycles. The molecule has 1 aromatic heterocycles. The van der Waals surface area contributed by atoms with E-state index in [0.717, 1.165) is 5.69 Å². The highest BCUT2D eigenvalue weighted by atomic mass is 16.6. The Balaban J connectivity index is 2.58. The molecule has 2 aromatic rings. The van der Waals surface area contributed by atoms with E-state index in [1.54, 1.807) is 18.3 Å². The van der Waals surface area contributed by atoms with Gasteiger partial charge in [0.05, 0.1) is 16.9 Å². The van der Waals surface area contributed by atoms with E-state index in [1.807, 2.05) is 0 Å². The van der Waals surface area contributed by atoms with E-state index in [-0.39, 0.29) is 12.3 Å². The largest absolute Gasteiger partial charge is 0.395 e. The maximum atomic E-state index is 10.9. The average molecular weight is 233 g/mol. The summed E-state index contributed by atoms with van der Waals surface area (Å²) in [4.78, 5) is 14.4. The van der Waals surface area contributed by atoms with Crippen molar-refractivity contribution in [3.63, 3.8) is 0 Å². The first-order valence-corrected chi connectivity index (χ1v) is 5.10. The van der Waals surface area contributed by atoms with Crippen LogP contribution in [0.15, 0.2) is 30.6 Å². The molecule has 0 amide bonds. The molecule has 2 N–H and O–H groups in total. The molecule has 0 fully saturated rings. The second kappa shape index (κ2) is 4.75. The number of fused-ring (bicyclic) bond motifs is 1. The van der Waals surface area contributed by atoms with Gasteiger partial charge in [-0.1, -0.05) is 0 Å². The summed E-state index contributed by atoms with van der Waals surface area (Å²) in [6.45, 7) is 0.389. The fourth-order valence-corrected chi connectivity index (χ4v) is 1.68. The number of non-ortho nitro benzene ring substituents is 1. The van der Waals surface area contributed by atoms with Crippen LogP contribution in [0.5, 0.6) is 0 Å². The molecule has 0 spiro atoms. The van der Waals surface area contributed by atoms with Gasteiger partial charge in [0.15, 0.2) is 0 Å². The number of nitrogens with zero attached hydrogens (tertiary/aromatic N) is 2. The third kappa shape index (κ3) is 2.16. The first-order chi connectivity index (χ1) is 8.24. The van der Waals surface area contributed by atoms with Crippen molar-refractivity contribution in [1.29, 1.82) is 0 Å². The summed E-state index contributed by atoms with van der Waals surface area (Å²) in [5.74, 6) is 0. The second-order valence-electron chi connectivity index (χ2n) is 3.46. The van der Waals surface area contributed by atoms with E-state index in [2.05, 4.69) is 10.3 Å². The number of aromatic nitrogens is 1. The van der Waals surface area contributed by atoms with Crippen molar-refractivity contribution in [2.75, 3.05) is 18.5 Å². The molecule has 17 heavy (non-hydrogen) atoms. The van der Waals surface area contributed by atoms with Gasteiger partial charge in [-0.15, -0.1) is 0 Å². The van der Waals surface area contributed by atoms with Crippen LogP contribution in [0.3, 0.4) is 0 Å². The quantitative estimate of drug-likeness (QED) is 0.617. The minimum atomic E-state index is -0.418. The van der Waals surface area contributed by atoms with Gasteiger partial charge >= 0.3 is 0 Å². The zero-order chi connectivity index (χ0) is 12.3. The van der Waals surface area contributed by atoms with Crippen LogP contribution in [-0.2, 0) is 0 Å². The highest BCUT2D eigenvalue weighted by molar-refractivity contribution is 5.99. The van der Waals surface area contributed by atoms with Crippen LogP contribution in [0, 0.1) is 10.1 Å². The van der Waals surface area contributed by atoms with E-state index in [1.165, 1.54) is 12.3 Å². The fraction of sp³-hybridized carbons (Fsp3) is 0.182. The summed E-state index contributed by atoms with van der Waals surface area (Å²) >= 11 is 0. The van der Waals surface area contributed by atoms with Crippen LogP contribution in [0.2, 0.25) is 0 Å². The molecule has 2 rings (SSSR count). The number of pyridine rings is 1. The summed E-state index contributed by atoms with van der Waals surface area (Å²) in [7, 11) is 0. The number of nitro groups is 1. The van der Waals surface area contributed by atoms with Crippen molar-refractivity contribution in [3.8, 4) is 0 Å². The lowest BCUT2D eigenvalue weighted by Crippen LogP contribution is -2.06. The highest BCUT2D eigenvalue weighted by Crippen LogP contribution is 2.30. The Morgan fingerprint density at radius 2 is 2.18 bits per heavy atom. The van der Waals surface area contributed by atoms with Crippen molar-refractivity contribution < 1.29 is 10.0 Å². The molecular weight excluding hydrogens is 222 g/mol. The van der Waals surface area contributed by atoms with E-state index in [9.17, 15) is 10.1 Å². The Morgan fingerprint density at radius 1 is 1.35 bits per heavy atom. The number of nitrogens with one attached hydrogen (secondary N) is 1. The molecule has 0 aliphatic carbocycles. The molecule has 0 unspecified atom stereocenters. The van der Waals surface area contributed by atoms with Crippen molar-refractivity contribution in [3.05, 3.63) is 40.7 Å². The van der Waals surface area contributed by atoms with Gasteiger partial charge < -0.3 is 10.4 Å². The molecule has 0 bridgehead atoms. The van der Waals surface area contributed by atoms with Gasteiger partial charge in [-0.2, -0.15) is 0 Å². The SMILES string of the molecule is O=[N+]([O-])c1ccc(NCCO)c2cnccc12. The minimum absolute atomic E-state index is 0.00125. The van der Waals surface area contributed by atoms with Crippen LogP contribution in [0.4, 0.5) is 11.4 Å². The molecule has 0 aliphatic heterocycles. The number of anilines is 1. The Hall–Kier alpha value is -2.21. The lowest BCUT2D eigenvalue weighted by molar-refractivity contribution is -0.383. The molecule has 0 atom stereocenters. The normalized spacial score (nSPS) is 10.4. The van der Waals surface area contributed by atoms with E-state index in [4.69, 9.17) is 5.11 Å². The maximum absolute atomic E-state index is 10.9. The first kappa shape index (κ1) is 11.3. The summed E-state index contributed by atoms with van der Waals surface area (Å²) < 4.78 is 0. The second-order valence-corrected chi connectivity index (χ2v) is 3.46. The molecule has 6 heteroatoms. The van der Waals surface area contributed by atoms with Crippen molar-refractivity contribution in [2.24, 2.45) is 0 Å². The van der Waals surface area contributed by atoms with Gasteiger partial charge in [-0.25, -0.2) is 0 Å². The van der Waals surface area contributed by atoms with Gasteiger partial charge in [0, 0.05) is 36.1 Å². The van der Waals surface area contributed by atoms with Gasteiger partial charge in [0.2, 0.25) is 0 Å². The van der Waals surface area contributed by atoms with Crippen molar-refractivity contribution in [2.45, 2.75) is 0 Å². The third-order valence-corrected chi connectivity index (χ3v) is 2.42. The number of hydrogen-bond acceptors (Lipinski definition) is 5. The predicted molar refractivity (Wildman–Crippen MR) is 64.0 cm³/mol. The van der Waals surface area contributed by atoms with Crippen LogP contribution < -0.4 is 5.32 Å². The lowest BCUT2D eigenvalue weighted by Gasteiger charge is -2.08. The number of aliphatic hydroxyl groups excluding tert-OH is 1. The zero-order valence-electron chi connectivity index (χ0n) is 8.96. The molecule has 6 nitrogen and oxygen atoms in total. The van der Waals surface area contributed by atoms with Crippen molar-refractivity contribution in [1.82, 2.24) is 4.98 Å². The van der Waals surface area contributed by atoms with Crippen LogP contribution in [-0.4, -0.2) is 28.2 Å². The van der Waals surface area contributed by atoms with Gasteiger partial charge in [-0.3, -0.25) is 15.1 Å². The monoisotopic (exact) mass is 233 g/mol. The number of benzene rings is 1. The van der Waals surface area contributed by atoms with Gasteiger partial charge in [0.1, 0.15) is 0 Å². The Morgan fingerprint density at radius 3 is 2.88 bits per heavy atom. The third-order valence-electron chi connectivity index (χ3n) is 2.42. The molecule has 1 heterocycles. The van der Waals surface area contributed by atoms with Crippen LogP contribution >= 0.6 is 0 Å². The summed E-state index contributed by atoms with van der Waals surface area (Å²) in [6.07, 6.45) is 3.09. The van der Waals surface area contributed by atoms with Crippen LogP contribution in [0.1, 0.15) is 0 Å². The van der Waals surface area contributed by atoms with Gasteiger partial charge in [-0.05, 0) is 12.1 Å². The molecule has 1 aromatic carbocycles. The van der Waals surface area contributed by atoms with E-state index >= 15 is 0 Å². The van der Waals surface area contributed by atoms with Gasteiger partial charge in [0.25, 0.3) is 5.69 Å². The fourth-order valence-electron chi connectivity index (χ4n) is 1.68.